The molecule has 0 aromatic heterocycles. The maximum Gasteiger partial charge on any atom is 0.241 e. The van der Waals surface area contributed by atoms with Crippen LogP contribution < -0.4 is 14.4 Å². The molecule has 1 N–H and O–H groups in total. The smallest absolute Gasteiger partial charge is 0.241 e. The van der Waals surface area contributed by atoms with Crippen LogP contribution in [0.25, 0.3) is 0 Å². The summed E-state index contributed by atoms with van der Waals surface area (Å²) in [5.41, 5.74) is 2.94. The molecule has 0 radical (unpaired) electrons. The molecule has 0 bridgehead atoms. The molecule has 3 rings (SSSR count). The van der Waals surface area contributed by atoms with Crippen molar-refractivity contribution in [3.05, 3.63) is 95.3 Å². The van der Waals surface area contributed by atoms with E-state index in [1.54, 1.807) is 49.4 Å². The van der Waals surface area contributed by atoms with Gasteiger partial charge in [0.2, 0.25) is 15.9 Å². The molecular weight excluding hydrogens is 431 g/mol. The highest BCUT2D eigenvalue weighted by Crippen LogP contribution is 2.21. The van der Waals surface area contributed by atoms with Gasteiger partial charge in [0.15, 0.2) is 0 Å². The molecule has 32 heavy (non-hydrogen) atoms. The lowest BCUT2D eigenvalue weighted by atomic mass is 10.2. The van der Waals surface area contributed by atoms with Crippen molar-refractivity contribution in [1.29, 1.82) is 0 Å². The summed E-state index contributed by atoms with van der Waals surface area (Å²) in [5.74, 6) is -0.0544. The minimum Gasteiger partial charge on any atom is -0.489 e. The average molecular weight is 457 g/mol. The zero-order valence-electron chi connectivity index (χ0n) is 17.9. The SMILES string of the molecule is Cc1ccccc1N(CC(=O)NCc1ccc(OCc2ccc(F)cc2)cc1)S(C)(=O)=O. The van der Waals surface area contributed by atoms with E-state index in [4.69, 9.17) is 4.74 Å². The van der Waals surface area contributed by atoms with Crippen LogP contribution in [0.15, 0.2) is 72.8 Å². The number of anilines is 1. The molecule has 0 saturated heterocycles. The number of nitrogens with one attached hydrogen (secondary N) is 1. The second kappa shape index (κ2) is 10.3. The molecule has 0 unspecified atom stereocenters. The van der Waals surface area contributed by atoms with Crippen LogP contribution in [0, 0.1) is 12.7 Å². The summed E-state index contributed by atoms with van der Waals surface area (Å²) in [6.07, 6.45) is 1.08. The van der Waals surface area contributed by atoms with Gasteiger partial charge in [0.1, 0.15) is 24.7 Å². The van der Waals surface area contributed by atoms with Crippen molar-refractivity contribution in [1.82, 2.24) is 5.32 Å². The van der Waals surface area contributed by atoms with Gasteiger partial charge in [-0.2, -0.15) is 0 Å². The Bertz CT molecular complexity index is 1160. The van der Waals surface area contributed by atoms with Gasteiger partial charge in [-0.3, -0.25) is 9.10 Å². The van der Waals surface area contributed by atoms with Crippen LogP contribution in [0.2, 0.25) is 0 Å². The van der Waals surface area contributed by atoms with Crippen LogP contribution in [0.1, 0.15) is 16.7 Å². The lowest BCUT2D eigenvalue weighted by Crippen LogP contribution is -2.40. The van der Waals surface area contributed by atoms with Crippen LogP contribution in [0.3, 0.4) is 0 Å². The summed E-state index contributed by atoms with van der Waals surface area (Å²) in [4.78, 5) is 12.4. The molecular formula is C24H25FN2O4S. The molecule has 168 valence electrons. The number of benzene rings is 3. The first-order valence-electron chi connectivity index (χ1n) is 9.98. The topological polar surface area (TPSA) is 75.7 Å². The summed E-state index contributed by atoms with van der Waals surface area (Å²) in [7, 11) is -3.62. The molecule has 6 nitrogen and oxygen atoms in total. The van der Waals surface area contributed by atoms with Crippen molar-refractivity contribution in [3.63, 3.8) is 0 Å². The third-order valence-electron chi connectivity index (χ3n) is 4.80. The normalized spacial score (nSPS) is 11.1. The Morgan fingerprint density at radius 2 is 1.59 bits per heavy atom. The van der Waals surface area contributed by atoms with Crippen molar-refractivity contribution in [2.75, 3.05) is 17.1 Å². The predicted octanol–water partition coefficient (Wildman–Crippen LogP) is 3.80. The fourth-order valence-corrected chi connectivity index (χ4v) is 3.98. The first-order valence-corrected chi connectivity index (χ1v) is 11.8. The molecule has 0 spiro atoms. The molecule has 0 heterocycles. The Kier molecular flexibility index (Phi) is 7.48. The second-order valence-corrected chi connectivity index (χ2v) is 9.30. The van der Waals surface area contributed by atoms with Gasteiger partial charge in [0.25, 0.3) is 0 Å². The number of halogens is 1. The molecule has 0 saturated carbocycles. The highest BCUT2D eigenvalue weighted by atomic mass is 32.2. The molecule has 0 aliphatic heterocycles. The number of carbonyl (C=O) groups is 1. The van der Waals surface area contributed by atoms with E-state index in [2.05, 4.69) is 5.32 Å². The van der Waals surface area contributed by atoms with Crippen LogP contribution in [-0.2, 0) is 28.0 Å². The van der Waals surface area contributed by atoms with Gasteiger partial charge in [-0.25, -0.2) is 12.8 Å². The van der Waals surface area contributed by atoms with Gasteiger partial charge in [0, 0.05) is 6.54 Å². The van der Waals surface area contributed by atoms with Gasteiger partial charge in [0.05, 0.1) is 11.9 Å². The highest BCUT2D eigenvalue weighted by molar-refractivity contribution is 7.92. The standard InChI is InChI=1S/C24H25FN2O4S/c1-18-5-3-4-6-23(18)27(32(2,29)30)16-24(28)26-15-19-9-13-22(14-10-19)31-17-20-7-11-21(25)12-8-20/h3-14H,15-17H2,1-2H3,(H,26,28). The molecule has 3 aromatic carbocycles. The van der Waals surface area contributed by atoms with E-state index in [1.807, 2.05) is 18.2 Å². The van der Waals surface area contributed by atoms with E-state index < -0.39 is 15.9 Å². The van der Waals surface area contributed by atoms with E-state index >= 15 is 0 Å². The maximum atomic E-state index is 13.0. The van der Waals surface area contributed by atoms with E-state index in [1.165, 1.54) is 12.1 Å². The zero-order chi connectivity index (χ0) is 23.1. The third-order valence-corrected chi connectivity index (χ3v) is 5.93. The molecule has 0 fully saturated rings. The Morgan fingerprint density at radius 3 is 2.22 bits per heavy atom. The molecule has 0 aliphatic carbocycles. The molecule has 8 heteroatoms. The zero-order valence-corrected chi connectivity index (χ0v) is 18.7. The minimum absolute atomic E-state index is 0.252. The quantitative estimate of drug-likeness (QED) is 0.532. The predicted molar refractivity (Wildman–Crippen MR) is 122 cm³/mol. The van der Waals surface area contributed by atoms with E-state index in [0.29, 0.717) is 18.0 Å². The number of aryl methyl sites for hydroxylation is 1. The lowest BCUT2D eigenvalue weighted by Gasteiger charge is -2.23. The van der Waals surface area contributed by atoms with E-state index in [0.717, 1.165) is 27.3 Å². The van der Waals surface area contributed by atoms with E-state index in [-0.39, 0.29) is 18.9 Å². The van der Waals surface area contributed by atoms with Crippen molar-refractivity contribution in [2.24, 2.45) is 0 Å². The molecule has 0 aliphatic rings. The van der Waals surface area contributed by atoms with Gasteiger partial charge in [-0.05, 0) is 53.9 Å². The summed E-state index contributed by atoms with van der Waals surface area (Å²) in [6.45, 7) is 2.06. The van der Waals surface area contributed by atoms with Crippen LogP contribution in [0.4, 0.5) is 10.1 Å². The molecule has 3 aromatic rings. The molecule has 1 amide bonds. The van der Waals surface area contributed by atoms with Gasteiger partial charge in [-0.1, -0.05) is 42.5 Å². The van der Waals surface area contributed by atoms with Gasteiger partial charge in [-0.15, -0.1) is 0 Å². The second-order valence-electron chi connectivity index (χ2n) is 7.39. The van der Waals surface area contributed by atoms with E-state index in [9.17, 15) is 17.6 Å². The van der Waals surface area contributed by atoms with Crippen molar-refractivity contribution < 1.29 is 22.3 Å². The number of rotatable bonds is 9. The number of sulfonamides is 1. The number of hydrogen-bond acceptors (Lipinski definition) is 4. The maximum absolute atomic E-state index is 13.0. The van der Waals surface area contributed by atoms with Crippen molar-refractivity contribution in [2.45, 2.75) is 20.1 Å². The first kappa shape index (κ1) is 23.3. The fourth-order valence-electron chi connectivity index (χ4n) is 3.06. The Balaban J connectivity index is 1.54. The lowest BCUT2D eigenvalue weighted by molar-refractivity contribution is -0.119. The monoisotopic (exact) mass is 456 g/mol. The first-order chi connectivity index (χ1) is 15.2. The van der Waals surface area contributed by atoms with Crippen LogP contribution in [0.5, 0.6) is 5.75 Å². The van der Waals surface area contributed by atoms with Crippen molar-refractivity contribution >= 4 is 21.6 Å². The van der Waals surface area contributed by atoms with Gasteiger partial charge >= 0.3 is 0 Å². The third kappa shape index (κ3) is 6.55. The number of ether oxygens (including phenoxy) is 1. The fraction of sp³-hybridized carbons (Fsp3) is 0.208. The van der Waals surface area contributed by atoms with Gasteiger partial charge < -0.3 is 10.1 Å². The Morgan fingerprint density at radius 1 is 0.969 bits per heavy atom. The summed E-state index contributed by atoms with van der Waals surface area (Å²) < 4.78 is 44.2. The van der Waals surface area contributed by atoms with Crippen LogP contribution >= 0.6 is 0 Å². The Labute approximate surface area is 187 Å². The largest absolute Gasteiger partial charge is 0.489 e. The number of para-hydroxylation sites is 1. The number of amides is 1. The average Bonchev–Trinajstić information content (AvgIpc) is 2.76. The summed E-state index contributed by atoms with van der Waals surface area (Å²) in [5, 5.41) is 2.75. The summed E-state index contributed by atoms with van der Waals surface area (Å²) >= 11 is 0. The highest BCUT2D eigenvalue weighted by Gasteiger charge is 2.21. The van der Waals surface area contributed by atoms with Crippen LogP contribution in [-0.4, -0.2) is 27.1 Å². The summed E-state index contributed by atoms with van der Waals surface area (Å²) in [6, 6.07) is 20.3. The number of nitrogens with zero attached hydrogens (tertiary/aromatic N) is 1. The Hall–Kier alpha value is -3.39. The number of carbonyl (C=O) groups excluding carboxylic acids is 1. The minimum atomic E-state index is -3.62. The van der Waals surface area contributed by atoms with Crippen molar-refractivity contribution in [3.8, 4) is 5.75 Å². The molecule has 0 atom stereocenters. The number of hydrogen-bond donors (Lipinski definition) is 1.